The molecule has 0 aromatic carbocycles. The fourth-order valence-electron chi connectivity index (χ4n) is 1.10. The summed E-state index contributed by atoms with van der Waals surface area (Å²) in [5, 5.41) is 27.1. The summed E-state index contributed by atoms with van der Waals surface area (Å²) in [6, 6.07) is 0. The number of aliphatic hydroxyl groups is 3. The van der Waals surface area contributed by atoms with Crippen LogP contribution in [0.15, 0.2) is 0 Å². The van der Waals surface area contributed by atoms with Gasteiger partial charge in [0.1, 0.15) is 0 Å². The number of ether oxygens (including phenoxy) is 2. The van der Waals surface area contributed by atoms with E-state index in [9.17, 15) is 10.2 Å². The molecule has 5 nitrogen and oxygen atoms in total. The quantitative estimate of drug-likeness (QED) is 0.468. The first-order chi connectivity index (χ1) is 5.69. The molecule has 0 aromatic heterocycles. The van der Waals surface area contributed by atoms with Crippen LogP contribution in [-0.4, -0.2) is 53.6 Å². The molecule has 0 radical (unpaired) electrons. The van der Waals surface area contributed by atoms with Gasteiger partial charge in [0.2, 0.25) is 0 Å². The SMILES string of the molecule is COC1OC(CO)C(O)[CH-]C1O.[U]. The first-order valence-electron chi connectivity index (χ1n) is 3.69. The summed E-state index contributed by atoms with van der Waals surface area (Å²) in [7, 11) is 1.38. The first-order valence-corrected chi connectivity index (χ1v) is 3.69. The molecule has 13 heavy (non-hydrogen) atoms. The Morgan fingerprint density at radius 1 is 1.38 bits per heavy atom. The van der Waals surface area contributed by atoms with Gasteiger partial charge in [-0.3, -0.25) is 6.42 Å². The number of hydrogen-bond donors (Lipinski definition) is 3. The van der Waals surface area contributed by atoms with Gasteiger partial charge in [-0.2, -0.15) is 0 Å². The third kappa shape index (κ3) is 3.48. The van der Waals surface area contributed by atoms with E-state index in [1.54, 1.807) is 0 Å². The molecule has 1 aliphatic heterocycles. The van der Waals surface area contributed by atoms with Gasteiger partial charge in [0.05, 0.1) is 12.7 Å². The molecular weight excluding hydrogens is 402 g/mol. The summed E-state index contributed by atoms with van der Waals surface area (Å²) in [5.41, 5.74) is 0. The average molecular weight is 415 g/mol. The number of hydrogen-bond acceptors (Lipinski definition) is 5. The molecule has 1 aliphatic rings. The van der Waals surface area contributed by atoms with Gasteiger partial charge in [-0.25, -0.2) is 0 Å². The van der Waals surface area contributed by atoms with Crippen molar-refractivity contribution in [2.75, 3.05) is 13.7 Å². The van der Waals surface area contributed by atoms with Crippen LogP contribution in [0.25, 0.3) is 0 Å². The van der Waals surface area contributed by atoms with Crippen LogP contribution in [0.4, 0.5) is 0 Å². The van der Waals surface area contributed by atoms with Crippen molar-refractivity contribution in [3.63, 3.8) is 0 Å². The molecule has 1 saturated heterocycles. The van der Waals surface area contributed by atoms with Crippen molar-refractivity contribution in [2.24, 2.45) is 0 Å². The predicted molar refractivity (Wildman–Crippen MR) is 39.1 cm³/mol. The Labute approximate surface area is 100 Å². The average Bonchev–Trinajstić information content (AvgIpc) is 2.05. The molecule has 76 valence electrons. The molecule has 1 fully saturated rings. The molecule has 0 aliphatic carbocycles. The van der Waals surface area contributed by atoms with E-state index in [1.165, 1.54) is 13.5 Å². The fraction of sp³-hybridized carbons (Fsp3) is 0.857. The molecular formula is C7H13O5U-. The summed E-state index contributed by atoms with van der Waals surface area (Å²) in [6.45, 7) is -0.301. The second-order valence-electron chi connectivity index (χ2n) is 2.63. The van der Waals surface area contributed by atoms with Gasteiger partial charge in [0.25, 0.3) is 0 Å². The van der Waals surface area contributed by atoms with Crippen molar-refractivity contribution < 1.29 is 55.9 Å². The van der Waals surface area contributed by atoms with Crippen molar-refractivity contribution in [3.05, 3.63) is 6.42 Å². The van der Waals surface area contributed by atoms with Gasteiger partial charge in [0.15, 0.2) is 6.29 Å². The zero-order valence-electron chi connectivity index (χ0n) is 7.25. The second-order valence-corrected chi connectivity index (χ2v) is 2.63. The van der Waals surface area contributed by atoms with E-state index >= 15 is 0 Å². The van der Waals surface area contributed by atoms with Crippen LogP contribution < -0.4 is 0 Å². The molecule has 1 rings (SSSR count). The summed E-state index contributed by atoms with van der Waals surface area (Å²) < 4.78 is 9.76. The maximum absolute atomic E-state index is 9.21. The molecule has 3 N–H and O–H groups in total. The molecule has 0 spiro atoms. The van der Waals surface area contributed by atoms with Crippen LogP contribution in [0.5, 0.6) is 0 Å². The maximum Gasteiger partial charge on any atom is 0.155 e. The predicted octanol–water partition coefficient (Wildman–Crippen LogP) is -1.72. The van der Waals surface area contributed by atoms with Gasteiger partial charge >= 0.3 is 0 Å². The smallest absolute Gasteiger partial charge is 0.155 e. The van der Waals surface area contributed by atoms with Crippen molar-refractivity contribution in [1.29, 1.82) is 0 Å². The van der Waals surface area contributed by atoms with E-state index in [2.05, 4.69) is 0 Å². The Morgan fingerprint density at radius 2 is 2.00 bits per heavy atom. The van der Waals surface area contributed by atoms with E-state index in [0.717, 1.165) is 0 Å². The Balaban J connectivity index is 0.00000144. The molecule has 0 aromatic rings. The van der Waals surface area contributed by atoms with E-state index in [1.807, 2.05) is 0 Å². The van der Waals surface area contributed by atoms with Crippen LogP contribution in [0.3, 0.4) is 0 Å². The van der Waals surface area contributed by atoms with Gasteiger partial charge in [-0.15, -0.1) is 0 Å². The van der Waals surface area contributed by atoms with Crippen molar-refractivity contribution in [1.82, 2.24) is 0 Å². The van der Waals surface area contributed by atoms with Crippen LogP contribution in [0.2, 0.25) is 0 Å². The van der Waals surface area contributed by atoms with E-state index in [-0.39, 0.29) is 37.7 Å². The standard InChI is InChI=1S/C7H13O5.U/c1-11-7-5(10)2-4(9)6(3-8)12-7;/h2,4-10H,3H2,1H3;/q-1;. The first kappa shape index (κ1) is 13.9. The van der Waals surface area contributed by atoms with Crippen LogP contribution in [-0.2, 0) is 9.47 Å². The van der Waals surface area contributed by atoms with Gasteiger partial charge < -0.3 is 24.8 Å². The second kappa shape index (κ2) is 6.36. The summed E-state index contributed by atoms with van der Waals surface area (Å²) >= 11 is 0. The zero-order valence-corrected chi connectivity index (χ0v) is 11.4. The zero-order chi connectivity index (χ0) is 9.14. The molecule has 4 atom stereocenters. The van der Waals surface area contributed by atoms with Crippen molar-refractivity contribution in [3.8, 4) is 0 Å². The molecule has 1 heterocycles. The third-order valence-electron chi connectivity index (χ3n) is 1.78. The van der Waals surface area contributed by atoms with E-state index < -0.39 is 24.6 Å². The topological polar surface area (TPSA) is 79.2 Å². The van der Waals surface area contributed by atoms with Crippen LogP contribution >= 0.6 is 0 Å². The van der Waals surface area contributed by atoms with E-state index in [4.69, 9.17) is 14.6 Å². The Bertz CT molecular complexity index is 131. The number of rotatable bonds is 2. The van der Waals surface area contributed by atoms with Gasteiger partial charge in [-0.05, 0) is 12.2 Å². The molecule has 0 bridgehead atoms. The number of methoxy groups -OCH3 is 1. The number of aliphatic hydroxyl groups excluding tert-OH is 3. The van der Waals surface area contributed by atoms with E-state index in [0.29, 0.717) is 0 Å². The Hall–Kier alpha value is 0.852. The van der Waals surface area contributed by atoms with Crippen molar-refractivity contribution >= 4 is 0 Å². The third-order valence-corrected chi connectivity index (χ3v) is 1.78. The minimum atomic E-state index is -0.951. The summed E-state index contributed by atoms with van der Waals surface area (Å²) in [4.78, 5) is 0. The summed E-state index contributed by atoms with van der Waals surface area (Å²) in [5.74, 6) is 0. The maximum atomic E-state index is 9.21. The van der Waals surface area contributed by atoms with Gasteiger partial charge in [-0.1, -0.05) is 0 Å². The molecule has 0 amide bonds. The Morgan fingerprint density at radius 3 is 2.46 bits per heavy atom. The normalized spacial score (nSPS) is 39.7. The monoisotopic (exact) mass is 415 g/mol. The summed E-state index contributed by atoms with van der Waals surface area (Å²) in [6.07, 6.45) is -2.13. The van der Waals surface area contributed by atoms with Crippen LogP contribution in [0, 0.1) is 37.5 Å². The molecule has 6 heteroatoms. The minimum Gasteiger partial charge on any atom is -0.422 e. The van der Waals surface area contributed by atoms with Crippen molar-refractivity contribution in [2.45, 2.75) is 24.6 Å². The molecule has 4 unspecified atom stereocenters. The minimum absolute atomic E-state index is 0. The van der Waals surface area contributed by atoms with Crippen LogP contribution in [0.1, 0.15) is 0 Å². The Kier molecular flexibility index (Phi) is 6.77. The van der Waals surface area contributed by atoms with Gasteiger partial charge in [0, 0.05) is 38.2 Å². The fourth-order valence-corrected chi connectivity index (χ4v) is 1.10. The molecule has 0 saturated carbocycles. The largest absolute Gasteiger partial charge is 0.422 e.